The van der Waals surface area contributed by atoms with E-state index >= 15 is 0 Å². The van der Waals surface area contributed by atoms with Gasteiger partial charge in [-0.25, -0.2) is 9.38 Å². The first-order valence-corrected chi connectivity index (χ1v) is 6.15. The van der Waals surface area contributed by atoms with Crippen LogP contribution in [0.25, 0.3) is 0 Å². The minimum Gasteiger partial charge on any atom is -0.437 e. The number of ether oxygens (including phenoxy) is 1. The number of carbonyl (C=O) groups is 1. The van der Waals surface area contributed by atoms with Crippen LogP contribution in [0.15, 0.2) is 29.3 Å². The average Bonchev–Trinajstić information content (AvgIpc) is 2.60. The van der Waals surface area contributed by atoms with Gasteiger partial charge in [-0.1, -0.05) is 11.8 Å². The lowest BCUT2D eigenvalue weighted by Crippen LogP contribution is -2.28. The summed E-state index contributed by atoms with van der Waals surface area (Å²) < 4.78 is 17.9. The zero-order valence-electron chi connectivity index (χ0n) is 9.57. The molecule has 0 fully saturated rings. The standard InChI is InChI=1S/C12H12FNO2S/c1-8(15)16-12(2)7-17-11(14-12)9-3-5-10(13)6-4-9/h3-6H,7H2,1-2H3. The third kappa shape index (κ3) is 2.85. The van der Waals surface area contributed by atoms with Crippen molar-refractivity contribution in [2.45, 2.75) is 19.6 Å². The summed E-state index contributed by atoms with van der Waals surface area (Å²) in [5.74, 6) is -0.0449. The molecular weight excluding hydrogens is 241 g/mol. The molecule has 0 saturated heterocycles. The molecular formula is C12H12FNO2S. The summed E-state index contributed by atoms with van der Waals surface area (Å²) in [5, 5.41) is 0.772. The Bertz CT molecular complexity index is 472. The number of aliphatic imine (C=N–C) groups is 1. The summed E-state index contributed by atoms with van der Waals surface area (Å²) in [6.45, 7) is 3.12. The van der Waals surface area contributed by atoms with Gasteiger partial charge in [0.2, 0.25) is 5.72 Å². The van der Waals surface area contributed by atoms with Crippen molar-refractivity contribution < 1.29 is 13.9 Å². The van der Waals surface area contributed by atoms with Crippen molar-refractivity contribution in [3.8, 4) is 0 Å². The summed E-state index contributed by atoms with van der Waals surface area (Å²) in [4.78, 5) is 15.3. The molecule has 0 spiro atoms. The Hall–Kier alpha value is -1.36. The number of hydrogen-bond donors (Lipinski definition) is 0. The smallest absolute Gasteiger partial charge is 0.304 e. The second-order valence-corrected chi connectivity index (χ2v) is 4.95. The maximum absolute atomic E-state index is 12.8. The molecule has 1 aromatic carbocycles. The lowest BCUT2D eigenvalue weighted by atomic mass is 10.2. The third-order valence-electron chi connectivity index (χ3n) is 2.27. The van der Waals surface area contributed by atoms with Crippen LogP contribution in [0.4, 0.5) is 4.39 Å². The van der Waals surface area contributed by atoms with Crippen LogP contribution in [-0.2, 0) is 9.53 Å². The predicted molar refractivity (Wildman–Crippen MR) is 65.6 cm³/mol. The van der Waals surface area contributed by atoms with Gasteiger partial charge in [-0.15, -0.1) is 0 Å². The molecule has 0 radical (unpaired) electrons. The SMILES string of the molecule is CC(=O)OC1(C)CSC(c2ccc(F)cc2)=N1. The number of halogens is 1. The monoisotopic (exact) mass is 253 g/mol. The van der Waals surface area contributed by atoms with Gasteiger partial charge in [0.1, 0.15) is 10.9 Å². The van der Waals surface area contributed by atoms with Crippen LogP contribution >= 0.6 is 11.8 Å². The molecule has 1 unspecified atom stereocenters. The summed E-state index contributed by atoms with van der Waals surface area (Å²) in [5.41, 5.74) is 0.0347. The van der Waals surface area contributed by atoms with Gasteiger partial charge < -0.3 is 4.74 Å². The van der Waals surface area contributed by atoms with E-state index in [4.69, 9.17) is 4.74 Å². The van der Waals surface area contributed by atoms with Crippen LogP contribution in [0.3, 0.4) is 0 Å². The highest BCUT2D eigenvalue weighted by atomic mass is 32.2. The summed E-state index contributed by atoms with van der Waals surface area (Å²) in [6, 6.07) is 6.11. The Labute approximate surface area is 103 Å². The average molecular weight is 253 g/mol. The Balaban J connectivity index is 2.21. The number of esters is 1. The maximum Gasteiger partial charge on any atom is 0.304 e. The summed E-state index contributed by atoms with van der Waals surface area (Å²) in [7, 11) is 0. The molecule has 1 aliphatic rings. The molecule has 2 rings (SSSR count). The molecule has 0 N–H and O–H groups in total. The van der Waals surface area contributed by atoms with Gasteiger partial charge in [0.25, 0.3) is 0 Å². The minimum absolute atomic E-state index is 0.278. The minimum atomic E-state index is -0.805. The molecule has 0 aliphatic carbocycles. The Kier molecular flexibility index (Phi) is 3.19. The van der Waals surface area contributed by atoms with E-state index in [0.29, 0.717) is 5.75 Å². The molecule has 1 aromatic rings. The van der Waals surface area contributed by atoms with Gasteiger partial charge in [0, 0.05) is 12.5 Å². The van der Waals surface area contributed by atoms with Gasteiger partial charge in [0.15, 0.2) is 0 Å². The zero-order chi connectivity index (χ0) is 12.5. The van der Waals surface area contributed by atoms with Gasteiger partial charge in [-0.3, -0.25) is 4.79 Å². The number of hydrogen-bond acceptors (Lipinski definition) is 4. The van der Waals surface area contributed by atoms with Crippen LogP contribution in [0.1, 0.15) is 19.4 Å². The Morgan fingerprint density at radius 2 is 2.12 bits per heavy atom. The van der Waals surface area contributed by atoms with Crippen molar-refractivity contribution in [2.75, 3.05) is 5.75 Å². The lowest BCUT2D eigenvalue weighted by molar-refractivity contribution is -0.152. The topological polar surface area (TPSA) is 38.7 Å². The molecule has 17 heavy (non-hydrogen) atoms. The normalized spacial score (nSPS) is 23.4. The van der Waals surface area contributed by atoms with Crippen molar-refractivity contribution in [1.29, 1.82) is 0 Å². The van der Waals surface area contributed by atoms with Crippen molar-refractivity contribution in [3.63, 3.8) is 0 Å². The summed E-state index contributed by atoms with van der Waals surface area (Å²) in [6.07, 6.45) is 0. The largest absolute Gasteiger partial charge is 0.437 e. The van der Waals surface area contributed by atoms with Gasteiger partial charge in [-0.05, 0) is 31.2 Å². The molecule has 1 heterocycles. The third-order valence-corrected chi connectivity index (χ3v) is 3.55. The Morgan fingerprint density at radius 3 is 2.71 bits per heavy atom. The first-order chi connectivity index (χ1) is 7.98. The molecule has 0 aromatic heterocycles. The first kappa shape index (κ1) is 12.1. The molecule has 3 nitrogen and oxygen atoms in total. The van der Waals surface area contributed by atoms with Gasteiger partial charge in [0.05, 0.1) is 5.75 Å². The van der Waals surface area contributed by atoms with E-state index in [1.54, 1.807) is 19.1 Å². The van der Waals surface area contributed by atoms with Crippen molar-refractivity contribution in [3.05, 3.63) is 35.6 Å². The van der Waals surface area contributed by atoms with Crippen LogP contribution in [-0.4, -0.2) is 22.5 Å². The highest BCUT2D eigenvalue weighted by Crippen LogP contribution is 2.31. The summed E-state index contributed by atoms with van der Waals surface area (Å²) >= 11 is 1.50. The van der Waals surface area contributed by atoms with Crippen LogP contribution in [0.5, 0.6) is 0 Å². The van der Waals surface area contributed by atoms with E-state index in [0.717, 1.165) is 10.6 Å². The van der Waals surface area contributed by atoms with E-state index in [9.17, 15) is 9.18 Å². The first-order valence-electron chi connectivity index (χ1n) is 5.17. The predicted octanol–water partition coefficient (Wildman–Crippen LogP) is 2.60. The highest BCUT2D eigenvalue weighted by molar-refractivity contribution is 8.14. The molecule has 90 valence electrons. The number of nitrogens with zero attached hydrogens (tertiary/aromatic N) is 1. The van der Waals surface area contributed by atoms with E-state index in [2.05, 4.69) is 4.99 Å². The quantitative estimate of drug-likeness (QED) is 0.760. The van der Waals surface area contributed by atoms with E-state index in [-0.39, 0.29) is 11.8 Å². The van der Waals surface area contributed by atoms with E-state index in [1.807, 2.05) is 0 Å². The number of benzene rings is 1. The molecule has 1 atom stereocenters. The van der Waals surface area contributed by atoms with E-state index in [1.165, 1.54) is 30.8 Å². The number of thioether (sulfide) groups is 1. The van der Waals surface area contributed by atoms with Crippen molar-refractivity contribution in [1.82, 2.24) is 0 Å². The Morgan fingerprint density at radius 1 is 1.47 bits per heavy atom. The van der Waals surface area contributed by atoms with Crippen molar-refractivity contribution >= 4 is 22.8 Å². The van der Waals surface area contributed by atoms with Crippen LogP contribution in [0.2, 0.25) is 0 Å². The zero-order valence-corrected chi connectivity index (χ0v) is 10.4. The van der Waals surface area contributed by atoms with Crippen LogP contribution in [0, 0.1) is 5.82 Å². The second-order valence-electron chi connectivity index (χ2n) is 3.98. The van der Waals surface area contributed by atoms with Gasteiger partial charge >= 0.3 is 5.97 Å². The van der Waals surface area contributed by atoms with Gasteiger partial charge in [-0.2, -0.15) is 0 Å². The fourth-order valence-corrected chi connectivity index (χ4v) is 2.67. The lowest BCUT2D eigenvalue weighted by Gasteiger charge is -2.18. The van der Waals surface area contributed by atoms with E-state index < -0.39 is 5.72 Å². The van der Waals surface area contributed by atoms with Crippen molar-refractivity contribution in [2.24, 2.45) is 4.99 Å². The maximum atomic E-state index is 12.8. The van der Waals surface area contributed by atoms with Crippen LogP contribution < -0.4 is 0 Å². The fourth-order valence-electron chi connectivity index (χ4n) is 1.58. The second kappa shape index (κ2) is 4.49. The highest BCUT2D eigenvalue weighted by Gasteiger charge is 2.34. The fraction of sp³-hybridized carbons (Fsp3) is 0.333. The molecule has 0 bridgehead atoms. The molecule has 0 saturated carbocycles. The molecule has 5 heteroatoms. The molecule has 0 amide bonds. The molecule has 1 aliphatic heterocycles. The number of rotatable bonds is 2. The number of carbonyl (C=O) groups excluding carboxylic acids is 1.